The van der Waals surface area contributed by atoms with Crippen molar-refractivity contribution in [2.45, 2.75) is 0 Å². The second kappa shape index (κ2) is 16.1. The van der Waals surface area contributed by atoms with E-state index < -0.39 is 10.8 Å². The predicted molar refractivity (Wildman–Crippen MR) is 84.7 cm³/mol. The van der Waals surface area contributed by atoms with Crippen LogP contribution in [0.5, 0.6) is 0 Å². The van der Waals surface area contributed by atoms with Crippen LogP contribution in [0.4, 0.5) is 0 Å². The summed E-state index contributed by atoms with van der Waals surface area (Å²) in [4.78, 5) is 0. The first-order valence-electron chi connectivity index (χ1n) is 5.00. The van der Waals surface area contributed by atoms with E-state index >= 15 is 0 Å². The Hall–Kier alpha value is -0.307. The van der Waals surface area contributed by atoms with Gasteiger partial charge in [0.25, 0.3) is 0 Å². The molecule has 0 bridgehead atoms. The van der Waals surface area contributed by atoms with Crippen LogP contribution in [0, 0.1) is 0 Å². The van der Waals surface area contributed by atoms with E-state index in [1.165, 1.54) is 0 Å². The number of aromatic amines is 1. The van der Waals surface area contributed by atoms with Crippen LogP contribution in [0.25, 0.3) is 0 Å². The molecule has 0 unspecified atom stereocenters. The number of rotatable bonds is 0. The van der Waals surface area contributed by atoms with Crippen LogP contribution >= 0.6 is 38.8 Å². The number of aromatic nitrogens is 2. The Morgan fingerprint density at radius 1 is 0.905 bits per heavy atom. The van der Waals surface area contributed by atoms with Crippen molar-refractivity contribution in [2.75, 3.05) is 0 Å². The molecule has 2 aliphatic rings. The minimum Gasteiger partial charge on any atom is -0.286 e. The molecule has 0 fully saturated rings. The zero-order valence-corrected chi connectivity index (χ0v) is 15.3. The molecule has 0 spiro atoms. The van der Waals surface area contributed by atoms with Crippen molar-refractivity contribution in [3.05, 3.63) is 43.0 Å². The van der Waals surface area contributed by atoms with Gasteiger partial charge in [-0.2, -0.15) is 16.0 Å². The van der Waals surface area contributed by atoms with Crippen LogP contribution in [-0.2, 0) is 10.8 Å². The van der Waals surface area contributed by atoms with E-state index in [1.807, 2.05) is 30.6 Å². The average Bonchev–Trinajstić information content (AvgIpc) is 3.17. The number of nitrogens with two attached hydrogens (primary N) is 2. The maximum Gasteiger partial charge on any atom is 0.0487 e. The van der Waals surface area contributed by atoms with Gasteiger partial charge in [0.05, 0.1) is 12.4 Å². The van der Waals surface area contributed by atoms with E-state index in [1.54, 1.807) is 35.7 Å². The van der Waals surface area contributed by atoms with Gasteiger partial charge in [-0.1, -0.05) is 10.2 Å². The first kappa shape index (κ1) is 23.0. The third-order valence-electron chi connectivity index (χ3n) is 1.32. The van der Waals surface area contributed by atoms with Gasteiger partial charge >= 0.3 is 49.6 Å². The van der Waals surface area contributed by atoms with E-state index in [0.717, 1.165) is 0 Å². The number of quaternary nitrogens is 2. The van der Waals surface area contributed by atoms with Gasteiger partial charge in [-0.15, -0.1) is 0 Å². The summed E-state index contributed by atoms with van der Waals surface area (Å²) in [6.07, 6.45) is 14.5. The summed E-state index contributed by atoms with van der Waals surface area (Å²) in [5.74, 6) is 0. The van der Waals surface area contributed by atoms with Crippen molar-refractivity contribution in [3.8, 4) is 0 Å². The Morgan fingerprint density at radius 3 is 1.48 bits per heavy atom. The van der Waals surface area contributed by atoms with Gasteiger partial charge < -0.3 is 5.48 Å². The van der Waals surface area contributed by atoms with Crippen LogP contribution in [-0.4, -0.2) is 28.1 Å². The standard InChI is InChI=1S/3C3H4N2.4ClH.H2O.Ru/c3*1-2-4-5-3-1;;;;;;/h3*1-3H,(H,4,5);4*1H;1H2;/q;;;;;;;;+2/p-2. The van der Waals surface area contributed by atoms with Crippen LogP contribution in [0.15, 0.2) is 53.2 Å². The second-order valence-electron chi connectivity index (χ2n) is 2.73. The minimum atomic E-state index is -2.97. The van der Waals surface area contributed by atoms with Gasteiger partial charge in [0.1, 0.15) is 12.4 Å². The van der Waals surface area contributed by atoms with E-state index in [2.05, 4.69) is 20.4 Å². The molecule has 0 aliphatic carbocycles. The molecule has 1 aromatic heterocycles. The average molecular weight is 467 g/mol. The summed E-state index contributed by atoms with van der Waals surface area (Å²) in [6, 6.07) is 1.83. The maximum atomic E-state index is 5.00. The molecule has 0 saturated carbocycles. The molecule has 1 aromatic rings. The molecule has 0 atom stereocenters. The molecular formula is C9H16Cl4N6ORu. The number of nitrogens with zero attached hydrogens (tertiary/aromatic N) is 3. The fraction of sp³-hybridized carbons (Fsp3) is 0. The fourth-order valence-corrected chi connectivity index (χ4v) is 0.712. The molecule has 7 nitrogen and oxygen atoms in total. The molecule has 0 saturated heterocycles. The van der Waals surface area contributed by atoms with Crippen LogP contribution in [0.1, 0.15) is 0 Å². The molecule has 12 heteroatoms. The zero-order valence-electron chi connectivity index (χ0n) is 10.6. The third kappa shape index (κ3) is 28.6. The number of halogens is 4. The molecular weight excluding hydrogens is 451 g/mol. The summed E-state index contributed by atoms with van der Waals surface area (Å²) < 4.78 is 0. The first-order chi connectivity index (χ1) is 9.50. The van der Waals surface area contributed by atoms with E-state index in [9.17, 15) is 0 Å². The van der Waals surface area contributed by atoms with Crippen molar-refractivity contribution >= 4 is 51.2 Å². The largest absolute Gasteiger partial charge is 0.286 e. The Balaban J connectivity index is 0. The quantitative estimate of drug-likeness (QED) is 0.374. The number of nitrogens with one attached hydrogen (secondary N) is 1. The predicted octanol–water partition coefficient (Wildman–Crippen LogP) is 0.466. The smallest absolute Gasteiger partial charge is 0.0487 e. The van der Waals surface area contributed by atoms with Crippen LogP contribution in [0.2, 0.25) is 0 Å². The molecule has 3 rings (SSSR count). The number of H-pyrrole nitrogens is 1. The Morgan fingerprint density at radius 2 is 1.38 bits per heavy atom. The summed E-state index contributed by atoms with van der Waals surface area (Å²) in [5, 5.41) is 13.7. The van der Waals surface area contributed by atoms with Gasteiger partial charge in [-0.3, -0.25) is 5.10 Å². The van der Waals surface area contributed by atoms with Gasteiger partial charge in [0.15, 0.2) is 0 Å². The van der Waals surface area contributed by atoms with Crippen LogP contribution in [0.3, 0.4) is 0 Å². The minimum absolute atomic E-state index is 0. The molecule has 21 heavy (non-hydrogen) atoms. The Bertz CT molecular complexity index is 367. The van der Waals surface area contributed by atoms with Gasteiger partial charge in [0, 0.05) is 24.5 Å². The number of hydrogen-bond donors (Lipinski definition) is 3. The number of hydrogen-bond acceptors (Lipinski definition) is 3. The fourth-order valence-electron chi connectivity index (χ4n) is 0.712. The Labute approximate surface area is 141 Å². The third-order valence-corrected chi connectivity index (χ3v) is 1.32. The molecule has 124 valence electrons. The molecule has 0 radical (unpaired) electrons. The molecule has 7 N–H and O–H groups in total. The summed E-state index contributed by atoms with van der Waals surface area (Å²) in [6.45, 7) is 0. The van der Waals surface area contributed by atoms with E-state index in [-0.39, 0.29) is 5.48 Å². The van der Waals surface area contributed by atoms with Gasteiger partial charge in [0.2, 0.25) is 0 Å². The summed E-state index contributed by atoms with van der Waals surface area (Å²) >= 11 is 0. The zero-order chi connectivity index (χ0) is 15.1. The molecule has 0 aromatic carbocycles. The van der Waals surface area contributed by atoms with Crippen molar-refractivity contribution < 1.29 is 27.1 Å². The summed E-state index contributed by atoms with van der Waals surface area (Å²) in [7, 11) is 17.0. The van der Waals surface area contributed by atoms with E-state index in [0.29, 0.717) is 0 Å². The second-order valence-corrected chi connectivity index (χ2v) is 18.6. The maximum absolute atomic E-state index is 5.00. The van der Waals surface area contributed by atoms with Crippen molar-refractivity contribution in [2.24, 2.45) is 10.2 Å². The SMILES string of the molecule is C1=C[NH2+]N=C1.C1=C[NH2+]N=C1.O.[Cl][Ru-2]([Cl])([Cl])[Cl].c1cn[nH]c1. The molecule has 3 heterocycles. The van der Waals surface area contributed by atoms with Crippen LogP contribution < -0.4 is 10.9 Å². The monoisotopic (exact) mass is 466 g/mol. The van der Waals surface area contributed by atoms with E-state index in [4.69, 9.17) is 38.8 Å². The first-order valence-corrected chi connectivity index (χ1v) is 14.0. The normalized spacial score (nSPS) is 13.9. The van der Waals surface area contributed by atoms with Crippen molar-refractivity contribution in [3.63, 3.8) is 0 Å². The summed E-state index contributed by atoms with van der Waals surface area (Å²) in [5.41, 5.74) is 3.50. The van der Waals surface area contributed by atoms with Gasteiger partial charge in [-0.05, 0) is 6.07 Å². The topological polar surface area (TPSA) is 118 Å². The van der Waals surface area contributed by atoms with Crippen molar-refractivity contribution in [1.82, 2.24) is 10.2 Å². The molecule has 0 amide bonds. The molecule has 2 aliphatic heterocycles. The van der Waals surface area contributed by atoms with Gasteiger partial charge in [-0.25, -0.2) is 0 Å². The van der Waals surface area contributed by atoms with Crippen molar-refractivity contribution in [1.29, 1.82) is 0 Å². The Kier molecular flexibility index (Phi) is 17.6. The number of allylic oxidation sites excluding steroid dienone is 2.